The maximum Gasteiger partial charge on any atom is 0.358 e. The summed E-state index contributed by atoms with van der Waals surface area (Å²) in [5.74, 6) is -3.44. The van der Waals surface area contributed by atoms with Crippen molar-refractivity contribution in [2.24, 2.45) is 0 Å². The van der Waals surface area contributed by atoms with Crippen LogP contribution in [0.1, 0.15) is 43.0 Å². The van der Waals surface area contributed by atoms with Gasteiger partial charge in [-0.3, -0.25) is 29.4 Å². The second kappa shape index (κ2) is 10.6. The van der Waals surface area contributed by atoms with Crippen molar-refractivity contribution in [3.8, 4) is 0 Å². The van der Waals surface area contributed by atoms with E-state index < -0.39 is 41.6 Å². The average Bonchev–Trinajstić information content (AvgIpc) is 3.28. The Balaban J connectivity index is 1.53. The first-order valence-corrected chi connectivity index (χ1v) is 11.8. The molecule has 0 bridgehead atoms. The van der Waals surface area contributed by atoms with Crippen LogP contribution in [0.3, 0.4) is 0 Å². The number of ketones is 2. The van der Waals surface area contributed by atoms with Gasteiger partial charge in [0.25, 0.3) is 5.78 Å². The number of hydrogen-bond donors (Lipinski definition) is 3. The van der Waals surface area contributed by atoms with Gasteiger partial charge in [-0.05, 0) is 25.8 Å². The number of carbonyl (C=O) groups excluding carboxylic acids is 7. The molecular weight excluding hydrogens is 484 g/mol. The van der Waals surface area contributed by atoms with Gasteiger partial charge in [-0.2, -0.15) is 0 Å². The molecule has 194 valence electrons. The lowest BCUT2D eigenvalue weighted by atomic mass is 10.1. The molecule has 2 saturated heterocycles. The molecule has 2 aromatic rings. The fourth-order valence-electron chi connectivity index (χ4n) is 4.49. The number of aromatic nitrogens is 1. The summed E-state index contributed by atoms with van der Waals surface area (Å²) in [6, 6.07) is 3.79. The first-order chi connectivity index (χ1) is 17.7. The van der Waals surface area contributed by atoms with Crippen LogP contribution < -0.4 is 10.7 Å². The van der Waals surface area contributed by atoms with Crippen LogP contribution in [0.5, 0.6) is 0 Å². The Morgan fingerprint density at radius 3 is 2.65 bits per heavy atom. The molecular formula is C24H26N6O7. The first kappa shape index (κ1) is 25.5. The molecule has 2 fully saturated rings. The van der Waals surface area contributed by atoms with Crippen molar-refractivity contribution in [2.45, 2.75) is 44.7 Å². The number of para-hydroxylation sites is 1. The van der Waals surface area contributed by atoms with Crippen LogP contribution in [-0.4, -0.2) is 86.8 Å². The van der Waals surface area contributed by atoms with Gasteiger partial charge in [0.1, 0.15) is 18.1 Å². The van der Waals surface area contributed by atoms with Crippen molar-refractivity contribution in [2.75, 3.05) is 13.1 Å². The van der Waals surface area contributed by atoms with E-state index in [2.05, 4.69) is 15.7 Å². The minimum Gasteiger partial charge on any atom is -0.360 e. The third-order valence-corrected chi connectivity index (χ3v) is 6.25. The predicted octanol–water partition coefficient (Wildman–Crippen LogP) is 0.0783. The zero-order valence-electron chi connectivity index (χ0n) is 20.1. The number of rotatable bonds is 8. The highest BCUT2D eigenvalue weighted by atomic mass is 16.2. The van der Waals surface area contributed by atoms with Gasteiger partial charge in [0.05, 0.1) is 18.2 Å². The second-order valence-electron chi connectivity index (χ2n) is 8.88. The summed E-state index contributed by atoms with van der Waals surface area (Å²) in [7, 11) is 0. The Bertz CT molecular complexity index is 1290. The Kier molecular flexibility index (Phi) is 7.32. The van der Waals surface area contributed by atoms with Gasteiger partial charge in [-0.15, -0.1) is 0 Å². The van der Waals surface area contributed by atoms with Gasteiger partial charge in [0.2, 0.25) is 11.8 Å². The van der Waals surface area contributed by atoms with E-state index in [9.17, 15) is 33.6 Å². The van der Waals surface area contributed by atoms with Gasteiger partial charge in [0.15, 0.2) is 0 Å². The number of nitrogens with one attached hydrogen (secondary N) is 3. The van der Waals surface area contributed by atoms with Crippen LogP contribution >= 0.6 is 0 Å². The van der Waals surface area contributed by atoms with E-state index in [-0.39, 0.29) is 43.7 Å². The molecule has 2 unspecified atom stereocenters. The van der Waals surface area contributed by atoms with Crippen molar-refractivity contribution in [1.82, 2.24) is 30.8 Å². The van der Waals surface area contributed by atoms with Crippen LogP contribution in [0.25, 0.3) is 10.9 Å². The number of amides is 5. The van der Waals surface area contributed by atoms with Gasteiger partial charge < -0.3 is 15.1 Å². The molecule has 1 aromatic heterocycles. The van der Waals surface area contributed by atoms with Crippen LogP contribution in [0, 0.1) is 0 Å². The zero-order chi connectivity index (χ0) is 26.7. The molecule has 0 spiro atoms. The SMILES string of the molecule is CC(=O)CC(C=O)NC(=O)C1CCCN2C(=O)CCN(NC(=O)C(=O)c3c[nH]c4ccccc34)C(=O)N12. The number of nitrogens with zero attached hydrogens (tertiary/aromatic N) is 3. The van der Waals surface area contributed by atoms with Gasteiger partial charge >= 0.3 is 11.9 Å². The van der Waals surface area contributed by atoms with E-state index in [0.717, 1.165) is 15.0 Å². The molecule has 2 atom stereocenters. The molecule has 2 aliphatic heterocycles. The summed E-state index contributed by atoms with van der Waals surface area (Å²) in [6.07, 6.45) is 2.06. The lowest BCUT2D eigenvalue weighted by Gasteiger charge is -2.42. The van der Waals surface area contributed by atoms with E-state index in [1.807, 2.05) is 0 Å². The van der Waals surface area contributed by atoms with Crippen molar-refractivity contribution in [3.05, 3.63) is 36.0 Å². The fourth-order valence-corrected chi connectivity index (χ4v) is 4.49. The summed E-state index contributed by atoms with van der Waals surface area (Å²) in [5.41, 5.74) is 3.06. The van der Waals surface area contributed by atoms with Crippen LogP contribution in [0.2, 0.25) is 0 Å². The normalized spacial score (nSPS) is 18.6. The van der Waals surface area contributed by atoms with Crippen LogP contribution in [0.15, 0.2) is 30.5 Å². The van der Waals surface area contributed by atoms with E-state index in [1.165, 1.54) is 13.1 Å². The number of benzene rings is 1. The fraction of sp³-hybridized carbons (Fsp3) is 0.375. The minimum absolute atomic E-state index is 0.119. The van der Waals surface area contributed by atoms with E-state index in [1.54, 1.807) is 24.3 Å². The summed E-state index contributed by atoms with van der Waals surface area (Å²) in [4.78, 5) is 90.5. The number of urea groups is 1. The molecule has 0 aliphatic carbocycles. The number of fused-ring (bicyclic) bond motifs is 2. The molecule has 37 heavy (non-hydrogen) atoms. The average molecular weight is 511 g/mol. The third kappa shape index (κ3) is 5.20. The molecule has 1 aromatic carbocycles. The zero-order valence-corrected chi connectivity index (χ0v) is 20.1. The van der Waals surface area contributed by atoms with Crippen molar-refractivity contribution in [3.63, 3.8) is 0 Å². The van der Waals surface area contributed by atoms with Crippen molar-refractivity contribution in [1.29, 1.82) is 0 Å². The summed E-state index contributed by atoms with van der Waals surface area (Å²) >= 11 is 0. The highest BCUT2D eigenvalue weighted by Crippen LogP contribution is 2.24. The highest BCUT2D eigenvalue weighted by molar-refractivity contribution is 6.45. The standard InChI is InChI=1S/C24H26N6O7/c1-14(32)11-15(13-31)26-22(35)19-7-4-9-29-20(33)8-10-28(24(37)30(19)29)27-23(36)21(34)17-12-25-18-6-3-2-5-16(17)18/h2-3,5-6,12-13,15,19,25H,4,7-11H2,1H3,(H,26,35)(H,27,36). The number of Topliss-reactive ketones (excluding diaryl/α,β-unsaturated/α-hetero) is 2. The third-order valence-electron chi connectivity index (χ3n) is 6.25. The van der Waals surface area contributed by atoms with E-state index in [4.69, 9.17) is 0 Å². The topological polar surface area (TPSA) is 169 Å². The molecule has 5 amide bonds. The van der Waals surface area contributed by atoms with Gasteiger partial charge in [0, 0.05) is 36.5 Å². The van der Waals surface area contributed by atoms with E-state index >= 15 is 0 Å². The van der Waals surface area contributed by atoms with Crippen molar-refractivity contribution >= 4 is 52.5 Å². The molecule has 13 nitrogen and oxygen atoms in total. The number of hydrazine groups is 2. The van der Waals surface area contributed by atoms with Crippen LogP contribution in [0.4, 0.5) is 4.79 Å². The molecule has 3 N–H and O–H groups in total. The molecule has 0 radical (unpaired) electrons. The van der Waals surface area contributed by atoms with Gasteiger partial charge in [-0.25, -0.2) is 19.8 Å². The number of aldehydes is 1. The predicted molar refractivity (Wildman–Crippen MR) is 127 cm³/mol. The summed E-state index contributed by atoms with van der Waals surface area (Å²) in [6.45, 7) is 1.24. The maximum atomic E-state index is 13.5. The quantitative estimate of drug-likeness (QED) is 0.257. The highest BCUT2D eigenvalue weighted by Gasteiger charge is 2.44. The smallest absolute Gasteiger partial charge is 0.358 e. The lowest BCUT2D eigenvalue weighted by Crippen LogP contribution is -2.65. The molecule has 4 rings (SSSR count). The molecule has 3 heterocycles. The minimum atomic E-state index is -1.17. The first-order valence-electron chi connectivity index (χ1n) is 11.8. The van der Waals surface area contributed by atoms with Gasteiger partial charge in [-0.1, -0.05) is 18.2 Å². The number of hydrogen-bond acceptors (Lipinski definition) is 7. The molecule has 0 saturated carbocycles. The lowest BCUT2D eigenvalue weighted by molar-refractivity contribution is -0.155. The Morgan fingerprint density at radius 2 is 1.92 bits per heavy atom. The number of aromatic amines is 1. The summed E-state index contributed by atoms with van der Waals surface area (Å²) < 4.78 is 0. The Hall–Kier alpha value is -4.55. The van der Waals surface area contributed by atoms with E-state index in [0.29, 0.717) is 23.6 Å². The largest absolute Gasteiger partial charge is 0.360 e. The second-order valence-corrected chi connectivity index (χ2v) is 8.88. The number of carbonyl (C=O) groups is 7. The number of H-pyrrole nitrogens is 1. The maximum absolute atomic E-state index is 13.5. The van der Waals surface area contributed by atoms with Crippen LogP contribution in [-0.2, 0) is 24.0 Å². The molecule has 13 heteroatoms. The Morgan fingerprint density at radius 1 is 1.16 bits per heavy atom. The van der Waals surface area contributed by atoms with Crippen molar-refractivity contribution < 1.29 is 33.6 Å². The molecule has 2 aliphatic rings. The summed E-state index contributed by atoms with van der Waals surface area (Å²) in [5, 5.41) is 5.91. The Labute approximate surface area is 211 Å². The monoisotopic (exact) mass is 510 g/mol.